The van der Waals surface area contributed by atoms with Crippen LogP contribution in [-0.4, -0.2) is 29.7 Å². The Hall–Kier alpha value is -2.78. The van der Waals surface area contributed by atoms with Gasteiger partial charge in [0.05, 0.1) is 16.7 Å². The Bertz CT molecular complexity index is 1450. The summed E-state index contributed by atoms with van der Waals surface area (Å²) in [5, 5.41) is 11.0. The summed E-state index contributed by atoms with van der Waals surface area (Å²) in [6, 6.07) is 8.13. The zero-order valence-electron chi connectivity index (χ0n) is 16.2. The van der Waals surface area contributed by atoms with Crippen molar-refractivity contribution in [3.63, 3.8) is 0 Å². The van der Waals surface area contributed by atoms with Crippen LogP contribution in [0.3, 0.4) is 0 Å². The molecule has 146 valence electrons. The molecular weight excluding hydrogens is 404 g/mol. The largest absolute Gasteiger partial charge is 0.324 e. The van der Waals surface area contributed by atoms with Crippen molar-refractivity contribution in [1.29, 1.82) is 0 Å². The van der Waals surface area contributed by atoms with E-state index in [9.17, 15) is 4.79 Å². The number of aromatic nitrogens is 6. The fraction of sp³-hybridized carbons (Fsp3) is 0.250. The maximum Gasteiger partial charge on any atom is 0.259 e. The van der Waals surface area contributed by atoms with Crippen LogP contribution in [-0.2, 0) is 12.3 Å². The Morgan fingerprint density at radius 3 is 2.83 bits per heavy atom. The van der Waals surface area contributed by atoms with Crippen LogP contribution in [0.2, 0.25) is 0 Å². The minimum absolute atomic E-state index is 0.0898. The monoisotopic (exact) mass is 422 g/mol. The Morgan fingerprint density at radius 1 is 1.17 bits per heavy atom. The number of thiophene rings is 1. The van der Waals surface area contributed by atoms with Crippen molar-refractivity contribution in [2.45, 2.75) is 38.2 Å². The van der Waals surface area contributed by atoms with Gasteiger partial charge in [0.1, 0.15) is 16.2 Å². The highest BCUT2D eigenvalue weighted by atomic mass is 32.2. The third-order valence-electron chi connectivity index (χ3n) is 5.10. The summed E-state index contributed by atoms with van der Waals surface area (Å²) in [5.41, 5.74) is 3.65. The van der Waals surface area contributed by atoms with Gasteiger partial charge in [0, 0.05) is 16.8 Å². The van der Waals surface area contributed by atoms with Crippen LogP contribution < -0.4 is 5.56 Å². The van der Waals surface area contributed by atoms with Crippen LogP contribution in [0, 0.1) is 13.8 Å². The number of hydrogen-bond acceptors (Lipinski definition) is 7. The Labute approximate surface area is 174 Å². The Balaban J connectivity index is 1.50. The second-order valence-electron chi connectivity index (χ2n) is 6.79. The van der Waals surface area contributed by atoms with Gasteiger partial charge < -0.3 is 9.55 Å². The van der Waals surface area contributed by atoms with E-state index >= 15 is 0 Å². The number of H-pyrrole nitrogens is 1. The number of fused-ring (bicyclic) bond motifs is 4. The first kappa shape index (κ1) is 18.3. The molecule has 1 aromatic carbocycles. The second kappa shape index (κ2) is 6.93. The van der Waals surface area contributed by atoms with E-state index in [-0.39, 0.29) is 5.56 Å². The highest BCUT2D eigenvalue weighted by molar-refractivity contribution is 7.98. The van der Waals surface area contributed by atoms with Crippen molar-refractivity contribution in [2.24, 2.45) is 0 Å². The smallest absolute Gasteiger partial charge is 0.259 e. The number of para-hydroxylation sites is 1. The van der Waals surface area contributed by atoms with Crippen LogP contribution >= 0.6 is 23.1 Å². The second-order valence-corrected chi connectivity index (χ2v) is 8.94. The standard InChI is InChI=1S/C20H18N6OS2/c1-4-26-13-8-6-5-7-12(13)16-17(26)23-20(25-24-16)28-9-14-21-18(27)15-10(2)11(3)29-19(15)22-14/h5-8H,4,9H2,1-3H3,(H,21,22,27). The SMILES string of the molecule is CCn1c2ccccc2c2nnc(SCc3nc4sc(C)c(C)c4c(=O)[nH]3)nc21. The summed E-state index contributed by atoms with van der Waals surface area (Å²) < 4.78 is 2.15. The number of benzene rings is 1. The topological polar surface area (TPSA) is 89.4 Å². The lowest BCUT2D eigenvalue weighted by atomic mass is 10.2. The summed E-state index contributed by atoms with van der Waals surface area (Å²) in [6.45, 7) is 6.86. The van der Waals surface area contributed by atoms with Crippen molar-refractivity contribution in [1.82, 2.24) is 29.7 Å². The molecule has 7 nitrogen and oxygen atoms in total. The minimum atomic E-state index is -0.0898. The van der Waals surface area contributed by atoms with E-state index < -0.39 is 0 Å². The molecule has 5 aromatic rings. The maximum absolute atomic E-state index is 12.5. The summed E-state index contributed by atoms with van der Waals surface area (Å²) >= 11 is 2.97. The Morgan fingerprint density at radius 2 is 2.00 bits per heavy atom. The quantitative estimate of drug-likeness (QED) is 0.437. The van der Waals surface area contributed by atoms with Gasteiger partial charge in [-0.05, 0) is 32.4 Å². The molecule has 29 heavy (non-hydrogen) atoms. The third kappa shape index (κ3) is 2.92. The molecule has 0 aliphatic rings. The number of thioether (sulfide) groups is 1. The number of nitrogens with one attached hydrogen (secondary N) is 1. The molecule has 0 unspecified atom stereocenters. The maximum atomic E-state index is 12.5. The number of hydrogen-bond donors (Lipinski definition) is 1. The summed E-state index contributed by atoms with van der Waals surface area (Å²) in [6.07, 6.45) is 0. The van der Waals surface area contributed by atoms with Gasteiger partial charge in [0.2, 0.25) is 5.16 Å². The highest BCUT2D eigenvalue weighted by Crippen LogP contribution is 2.29. The molecule has 5 rings (SSSR count). The summed E-state index contributed by atoms with van der Waals surface area (Å²) in [4.78, 5) is 26.6. The van der Waals surface area contributed by atoms with Gasteiger partial charge in [-0.3, -0.25) is 4.79 Å². The van der Waals surface area contributed by atoms with Crippen molar-refractivity contribution < 1.29 is 0 Å². The lowest BCUT2D eigenvalue weighted by Crippen LogP contribution is -2.11. The lowest BCUT2D eigenvalue weighted by Gasteiger charge is -2.03. The van der Waals surface area contributed by atoms with Crippen molar-refractivity contribution in [3.8, 4) is 0 Å². The van der Waals surface area contributed by atoms with E-state index in [1.807, 2.05) is 32.0 Å². The fourth-order valence-electron chi connectivity index (χ4n) is 3.57. The molecule has 9 heteroatoms. The molecule has 0 spiro atoms. The van der Waals surface area contributed by atoms with E-state index in [0.717, 1.165) is 43.9 Å². The van der Waals surface area contributed by atoms with Crippen molar-refractivity contribution in [3.05, 3.63) is 50.9 Å². The average Bonchev–Trinajstić information content (AvgIpc) is 3.19. The lowest BCUT2D eigenvalue weighted by molar-refractivity contribution is 0.789. The van der Waals surface area contributed by atoms with Crippen molar-refractivity contribution in [2.75, 3.05) is 0 Å². The molecule has 1 N–H and O–H groups in total. The molecule has 0 amide bonds. The molecular formula is C20H18N6OS2. The zero-order chi connectivity index (χ0) is 20.1. The highest BCUT2D eigenvalue weighted by Gasteiger charge is 2.15. The predicted molar refractivity (Wildman–Crippen MR) is 118 cm³/mol. The number of rotatable bonds is 4. The molecule has 0 saturated carbocycles. The first-order chi connectivity index (χ1) is 14.1. The first-order valence-corrected chi connectivity index (χ1v) is 11.1. The summed E-state index contributed by atoms with van der Waals surface area (Å²) in [5.74, 6) is 1.09. The molecule has 0 radical (unpaired) electrons. The molecule has 0 aliphatic carbocycles. The molecule has 4 aromatic heterocycles. The van der Waals surface area contributed by atoms with Gasteiger partial charge in [0.15, 0.2) is 5.65 Å². The van der Waals surface area contributed by atoms with E-state index in [4.69, 9.17) is 4.98 Å². The van der Waals surface area contributed by atoms with E-state index in [1.165, 1.54) is 11.8 Å². The zero-order valence-corrected chi connectivity index (χ0v) is 17.8. The predicted octanol–water partition coefficient (Wildman–Crippen LogP) is 4.21. The number of nitrogens with zero attached hydrogens (tertiary/aromatic N) is 5. The molecule has 0 saturated heterocycles. The minimum Gasteiger partial charge on any atom is -0.324 e. The molecule has 0 bridgehead atoms. The third-order valence-corrected chi connectivity index (χ3v) is 7.05. The van der Waals surface area contributed by atoms with Gasteiger partial charge in [0.25, 0.3) is 5.56 Å². The molecule has 0 aliphatic heterocycles. The summed E-state index contributed by atoms with van der Waals surface area (Å²) in [7, 11) is 0. The first-order valence-electron chi connectivity index (χ1n) is 9.30. The molecule has 0 fully saturated rings. The normalized spacial score (nSPS) is 11.8. The average molecular weight is 423 g/mol. The molecule has 0 atom stereocenters. The number of aromatic amines is 1. The fourth-order valence-corrected chi connectivity index (χ4v) is 5.27. The van der Waals surface area contributed by atoms with Crippen LogP contribution in [0.1, 0.15) is 23.2 Å². The van der Waals surface area contributed by atoms with Crippen LogP contribution in [0.25, 0.3) is 32.3 Å². The van der Waals surface area contributed by atoms with Crippen LogP contribution in [0.4, 0.5) is 0 Å². The van der Waals surface area contributed by atoms with E-state index in [0.29, 0.717) is 22.1 Å². The van der Waals surface area contributed by atoms with Gasteiger partial charge in [-0.1, -0.05) is 30.0 Å². The van der Waals surface area contributed by atoms with Crippen LogP contribution in [0.5, 0.6) is 0 Å². The van der Waals surface area contributed by atoms with E-state index in [1.54, 1.807) is 11.3 Å². The molecule has 4 heterocycles. The van der Waals surface area contributed by atoms with Gasteiger partial charge >= 0.3 is 0 Å². The Kier molecular flexibility index (Phi) is 4.36. The van der Waals surface area contributed by atoms with Crippen molar-refractivity contribution >= 4 is 55.4 Å². The van der Waals surface area contributed by atoms with Crippen LogP contribution in [0.15, 0.2) is 34.2 Å². The van der Waals surface area contributed by atoms with E-state index in [2.05, 4.69) is 37.7 Å². The van der Waals surface area contributed by atoms with Gasteiger partial charge in [-0.25, -0.2) is 9.97 Å². The number of aryl methyl sites for hydroxylation is 3. The van der Waals surface area contributed by atoms with Gasteiger partial charge in [-0.2, -0.15) is 0 Å². The van der Waals surface area contributed by atoms with Gasteiger partial charge in [-0.15, -0.1) is 21.5 Å².